The van der Waals surface area contributed by atoms with E-state index in [1.165, 1.54) is 6.20 Å². The number of piperazine rings is 1. The largest absolute Gasteiger partial charge is 0.314 e. The van der Waals surface area contributed by atoms with E-state index in [-0.39, 0.29) is 6.04 Å². The van der Waals surface area contributed by atoms with Crippen molar-refractivity contribution in [1.29, 1.82) is 0 Å². The number of pyridine rings is 1. The van der Waals surface area contributed by atoms with Gasteiger partial charge in [0.2, 0.25) is 5.95 Å². The van der Waals surface area contributed by atoms with Gasteiger partial charge in [0.05, 0.1) is 11.1 Å². The Morgan fingerprint density at radius 1 is 1.67 bits per heavy atom. The maximum absolute atomic E-state index is 13.5. The Balaban J connectivity index is 2.30. The van der Waals surface area contributed by atoms with Gasteiger partial charge in [0, 0.05) is 31.4 Å². The summed E-state index contributed by atoms with van der Waals surface area (Å²) in [6.07, 6.45) is 1.33. The monoisotopic (exact) mass is 229 g/mol. The fourth-order valence-electron chi connectivity index (χ4n) is 1.83. The smallest absolute Gasteiger partial charge is 0.217 e. The molecule has 0 amide bonds. The van der Waals surface area contributed by atoms with E-state index in [0.717, 1.165) is 19.6 Å². The van der Waals surface area contributed by atoms with Gasteiger partial charge in [-0.3, -0.25) is 4.90 Å². The lowest BCUT2D eigenvalue weighted by Gasteiger charge is -2.33. The first-order valence-electron chi connectivity index (χ1n) is 4.90. The lowest BCUT2D eigenvalue weighted by Crippen LogP contribution is -2.44. The van der Waals surface area contributed by atoms with Crippen molar-refractivity contribution in [2.24, 2.45) is 0 Å². The van der Waals surface area contributed by atoms with Gasteiger partial charge in [0.25, 0.3) is 0 Å². The van der Waals surface area contributed by atoms with E-state index in [2.05, 4.69) is 15.2 Å². The molecule has 5 heteroatoms. The molecule has 1 N–H and O–H groups in total. The zero-order chi connectivity index (χ0) is 10.8. The van der Waals surface area contributed by atoms with Crippen molar-refractivity contribution in [2.75, 3.05) is 26.7 Å². The highest BCUT2D eigenvalue weighted by molar-refractivity contribution is 6.30. The molecular formula is C10H13ClFN3. The molecule has 3 nitrogen and oxygen atoms in total. The average Bonchev–Trinajstić information content (AvgIpc) is 2.23. The first-order chi connectivity index (χ1) is 7.18. The van der Waals surface area contributed by atoms with Crippen molar-refractivity contribution in [1.82, 2.24) is 15.2 Å². The highest BCUT2D eigenvalue weighted by atomic mass is 35.5. The van der Waals surface area contributed by atoms with Gasteiger partial charge >= 0.3 is 0 Å². The van der Waals surface area contributed by atoms with Gasteiger partial charge < -0.3 is 5.32 Å². The van der Waals surface area contributed by atoms with Crippen LogP contribution in [-0.4, -0.2) is 36.6 Å². The van der Waals surface area contributed by atoms with E-state index in [0.29, 0.717) is 10.6 Å². The molecule has 1 unspecified atom stereocenters. The maximum Gasteiger partial charge on any atom is 0.217 e. The predicted octanol–water partition coefficient (Wildman–Crippen LogP) is 1.45. The van der Waals surface area contributed by atoms with Crippen molar-refractivity contribution in [2.45, 2.75) is 6.04 Å². The summed E-state index contributed by atoms with van der Waals surface area (Å²) in [6.45, 7) is 2.56. The van der Waals surface area contributed by atoms with Crippen molar-refractivity contribution in [3.63, 3.8) is 0 Å². The van der Waals surface area contributed by atoms with Crippen LogP contribution in [0.25, 0.3) is 0 Å². The number of aromatic nitrogens is 1. The van der Waals surface area contributed by atoms with Gasteiger partial charge in [-0.15, -0.1) is 0 Å². The summed E-state index contributed by atoms with van der Waals surface area (Å²) in [6, 6.07) is 1.67. The second-order valence-electron chi connectivity index (χ2n) is 3.73. The summed E-state index contributed by atoms with van der Waals surface area (Å²) < 4.78 is 13.5. The molecule has 1 aliphatic heterocycles. The quantitative estimate of drug-likeness (QED) is 0.739. The van der Waals surface area contributed by atoms with E-state index in [9.17, 15) is 4.39 Å². The number of likely N-dealkylation sites (N-methyl/N-ethyl adjacent to an activating group) is 1. The molecule has 0 saturated carbocycles. The molecule has 1 saturated heterocycles. The summed E-state index contributed by atoms with van der Waals surface area (Å²) >= 11 is 5.82. The second kappa shape index (κ2) is 4.43. The number of rotatable bonds is 1. The van der Waals surface area contributed by atoms with Crippen LogP contribution in [0.5, 0.6) is 0 Å². The number of nitrogens with one attached hydrogen (secondary N) is 1. The Morgan fingerprint density at radius 3 is 3.20 bits per heavy atom. The Morgan fingerprint density at radius 2 is 2.47 bits per heavy atom. The first-order valence-corrected chi connectivity index (χ1v) is 5.28. The topological polar surface area (TPSA) is 28.2 Å². The molecule has 1 aromatic rings. The molecule has 82 valence electrons. The third-order valence-corrected chi connectivity index (χ3v) is 2.91. The van der Waals surface area contributed by atoms with Crippen LogP contribution in [0, 0.1) is 5.95 Å². The zero-order valence-corrected chi connectivity index (χ0v) is 9.26. The molecule has 0 spiro atoms. The van der Waals surface area contributed by atoms with E-state index in [1.54, 1.807) is 6.07 Å². The Bertz CT molecular complexity index is 359. The lowest BCUT2D eigenvalue weighted by molar-refractivity contribution is 0.197. The van der Waals surface area contributed by atoms with Gasteiger partial charge in [-0.2, -0.15) is 4.39 Å². The van der Waals surface area contributed by atoms with Crippen molar-refractivity contribution in [3.8, 4) is 0 Å². The molecule has 1 aromatic heterocycles. The summed E-state index contributed by atoms with van der Waals surface area (Å²) in [4.78, 5) is 5.74. The van der Waals surface area contributed by atoms with Crippen molar-refractivity contribution < 1.29 is 4.39 Å². The summed E-state index contributed by atoms with van der Waals surface area (Å²) in [7, 11) is 1.98. The maximum atomic E-state index is 13.5. The zero-order valence-electron chi connectivity index (χ0n) is 8.50. The van der Waals surface area contributed by atoms with Crippen LogP contribution in [0.3, 0.4) is 0 Å². The predicted molar refractivity (Wildman–Crippen MR) is 57.4 cm³/mol. The molecule has 2 rings (SSSR count). The van der Waals surface area contributed by atoms with Crippen LogP contribution in [0.2, 0.25) is 5.02 Å². The lowest BCUT2D eigenvalue weighted by atomic mass is 10.1. The normalized spacial score (nSPS) is 23.0. The fraction of sp³-hybridized carbons (Fsp3) is 0.500. The minimum atomic E-state index is -0.431. The third kappa shape index (κ3) is 2.27. The highest BCUT2D eigenvalue weighted by Crippen LogP contribution is 2.24. The minimum absolute atomic E-state index is 0.0185. The molecule has 0 radical (unpaired) electrons. The molecule has 1 fully saturated rings. The Hall–Kier alpha value is -0.710. The Labute approximate surface area is 93.2 Å². The molecular weight excluding hydrogens is 217 g/mol. The molecule has 15 heavy (non-hydrogen) atoms. The molecule has 1 atom stereocenters. The first kappa shape index (κ1) is 10.8. The Kier molecular flexibility index (Phi) is 3.19. The van der Waals surface area contributed by atoms with Gasteiger partial charge in [0.15, 0.2) is 0 Å². The minimum Gasteiger partial charge on any atom is -0.314 e. The number of nitrogens with zero attached hydrogens (tertiary/aromatic N) is 2. The summed E-state index contributed by atoms with van der Waals surface area (Å²) in [5.41, 5.74) is 0.567. The van der Waals surface area contributed by atoms with Gasteiger partial charge in [-0.25, -0.2) is 4.98 Å². The van der Waals surface area contributed by atoms with Crippen molar-refractivity contribution in [3.05, 3.63) is 28.8 Å². The number of halogens is 2. The van der Waals surface area contributed by atoms with E-state index < -0.39 is 5.95 Å². The van der Waals surface area contributed by atoms with Crippen molar-refractivity contribution >= 4 is 11.6 Å². The van der Waals surface area contributed by atoms with Crippen LogP contribution < -0.4 is 5.32 Å². The summed E-state index contributed by atoms with van der Waals surface area (Å²) in [5.74, 6) is -0.431. The van der Waals surface area contributed by atoms with E-state index in [1.807, 2.05) is 7.05 Å². The van der Waals surface area contributed by atoms with Crippen LogP contribution in [0.15, 0.2) is 12.3 Å². The number of hydrogen-bond donors (Lipinski definition) is 1. The van der Waals surface area contributed by atoms with E-state index >= 15 is 0 Å². The molecule has 1 aliphatic rings. The molecule has 0 aromatic carbocycles. The van der Waals surface area contributed by atoms with Crippen LogP contribution in [0.1, 0.15) is 11.6 Å². The molecule has 2 heterocycles. The second-order valence-corrected chi connectivity index (χ2v) is 4.17. The molecule has 0 bridgehead atoms. The summed E-state index contributed by atoms with van der Waals surface area (Å²) in [5, 5.41) is 3.71. The van der Waals surface area contributed by atoms with Crippen LogP contribution >= 0.6 is 11.6 Å². The fourth-order valence-corrected chi connectivity index (χ4v) is 1.99. The SMILES string of the molecule is CN1CCNCC1c1cc(Cl)cnc1F. The van der Waals surface area contributed by atoms with Crippen LogP contribution in [-0.2, 0) is 0 Å². The number of hydrogen-bond acceptors (Lipinski definition) is 3. The van der Waals surface area contributed by atoms with Gasteiger partial charge in [-0.1, -0.05) is 11.6 Å². The van der Waals surface area contributed by atoms with Gasteiger partial charge in [-0.05, 0) is 13.1 Å². The average molecular weight is 230 g/mol. The highest BCUT2D eigenvalue weighted by Gasteiger charge is 2.23. The van der Waals surface area contributed by atoms with Crippen LogP contribution in [0.4, 0.5) is 4.39 Å². The van der Waals surface area contributed by atoms with E-state index in [4.69, 9.17) is 11.6 Å². The third-order valence-electron chi connectivity index (χ3n) is 2.70. The molecule has 0 aliphatic carbocycles. The van der Waals surface area contributed by atoms with Gasteiger partial charge in [0.1, 0.15) is 0 Å². The standard InChI is InChI=1S/C10H13ClFN3/c1-15-3-2-13-6-9(15)8-4-7(11)5-14-10(8)12/h4-5,9,13H,2-3,6H2,1H3.